The zero-order chi connectivity index (χ0) is 12.7. The average molecular weight is 252 g/mol. The Balaban J connectivity index is 2.68. The first-order valence-corrected chi connectivity index (χ1v) is 5.52. The quantitative estimate of drug-likeness (QED) is 0.428. The van der Waals surface area contributed by atoms with Gasteiger partial charge in [0.15, 0.2) is 16.7 Å². The maximum atomic E-state index is 7.08. The molecule has 2 N–H and O–H groups in total. The minimum absolute atomic E-state index is 0.155. The van der Waals surface area contributed by atoms with Gasteiger partial charge in [-0.15, -0.1) is 12.6 Å². The molecule has 0 aromatic heterocycles. The molecule has 0 aliphatic rings. The second-order valence-electron chi connectivity index (χ2n) is 3.25. The molecule has 1 aromatic carbocycles. The molecule has 0 fully saturated rings. The van der Waals surface area contributed by atoms with Gasteiger partial charge in [0, 0.05) is 6.54 Å². The standard InChI is InChI=1S/C12H16N2O2S/c1-15-10-6-5-9(8-11(10)16-2)4-3-7-14-12(13)17/h3-6,8H,7H2,1-2H3,(H3,13,14,17). The number of hydrogen-bond acceptors (Lipinski definition) is 3. The summed E-state index contributed by atoms with van der Waals surface area (Å²) in [6, 6.07) is 5.68. The van der Waals surface area contributed by atoms with Crippen LogP contribution in [0.3, 0.4) is 0 Å². The zero-order valence-electron chi connectivity index (χ0n) is 9.86. The SMILES string of the molecule is COc1ccc(C=CCNC(=N)S)cc1OC. The van der Waals surface area contributed by atoms with Crippen molar-refractivity contribution in [2.75, 3.05) is 20.8 Å². The van der Waals surface area contributed by atoms with E-state index in [1.165, 1.54) is 0 Å². The highest BCUT2D eigenvalue weighted by atomic mass is 32.1. The van der Waals surface area contributed by atoms with Gasteiger partial charge in [0.05, 0.1) is 14.2 Å². The summed E-state index contributed by atoms with van der Waals surface area (Å²) >= 11 is 3.82. The van der Waals surface area contributed by atoms with Gasteiger partial charge in [0.25, 0.3) is 0 Å². The second kappa shape index (κ2) is 6.85. The summed E-state index contributed by atoms with van der Waals surface area (Å²) in [6.07, 6.45) is 3.84. The van der Waals surface area contributed by atoms with Crippen LogP contribution in [-0.4, -0.2) is 25.9 Å². The molecule has 17 heavy (non-hydrogen) atoms. The molecule has 0 aliphatic heterocycles. The molecule has 0 atom stereocenters. The predicted molar refractivity (Wildman–Crippen MR) is 73.3 cm³/mol. The van der Waals surface area contributed by atoms with Crippen LogP contribution >= 0.6 is 12.6 Å². The summed E-state index contributed by atoms with van der Waals surface area (Å²) < 4.78 is 10.3. The van der Waals surface area contributed by atoms with Gasteiger partial charge in [0.1, 0.15) is 0 Å². The molecule has 0 unspecified atom stereocenters. The molecule has 0 aliphatic carbocycles. The Hall–Kier alpha value is -1.62. The first-order chi connectivity index (χ1) is 8.17. The van der Waals surface area contributed by atoms with E-state index >= 15 is 0 Å². The van der Waals surface area contributed by atoms with E-state index < -0.39 is 0 Å². The van der Waals surface area contributed by atoms with Gasteiger partial charge < -0.3 is 14.8 Å². The molecule has 5 heteroatoms. The lowest BCUT2D eigenvalue weighted by Crippen LogP contribution is -2.16. The Kier molecular flexibility index (Phi) is 5.42. The molecule has 0 radical (unpaired) electrons. The third kappa shape index (κ3) is 4.40. The molecule has 0 saturated heterocycles. The van der Waals surface area contributed by atoms with Crippen molar-refractivity contribution in [1.82, 2.24) is 5.32 Å². The number of rotatable bonds is 5. The molecule has 4 nitrogen and oxygen atoms in total. The van der Waals surface area contributed by atoms with Gasteiger partial charge in [-0.1, -0.05) is 18.2 Å². The summed E-state index contributed by atoms with van der Waals surface area (Å²) in [5, 5.41) is 10.0. The Morgan fingerprint density at radius 3 is 2.65 bits per heavy atom. The summed E-state index contributed by atoms with van der Waals surface area (Å²) in [5.41, 5.74) is 1.01. The van der Waals surface area contributed by atoms with Crippen molar-refractivity contribution in [2.45, 2.75) is 0 Å². The van der Waals surface area contributed by atoms with Crippen molar-refractivity contribution < 1.29 is 9.47 Å². The molecule has 1 rings (SSSR count). The van der Waals surface area contributed by atoms with Crippen LogP contribution in [0.5, 0.6) is 11.5 Å². The molecule has 0 saturated carbocycles. The van der Waals surface area contributed by atoms with Crippen LogP contribution in [0, 0.1) is 5.41 Å². The van der Waals surface area contributed by atoms with Gasteiger partial charge in [-0.3, -0.25) is 5.41 Å². The van der Waals surface area contributed by atoms with Crippen LogP contribution < -0.4 is 14.8 Å². The summed E-state index contributed by atoms with van der Waals surface area (Å²) in [4.78, 5) is 0. The molecular weight excluding hydrogens is 236 g/mol. The molecule has 92 valence electrons. The Morgan fingerprint density at radius 2 is 2.06 bits per heavy atom. The van der Waals surface area contributed by atoms with Crippen LogP contribution in [-0.2, 0) is 0 Å². The van der Waals surface area contributed by atoms with E-state index in [-0.39, 0.29) is 5.17 Å². The molecule has 0 bridgehead atoms. The highest BCUT2D eigenvalue weighted by Gasteiger charge is 2.02. The second-order valence-corrected chi connectivity index (χ2v) is 3.69. The van der Waals surface area contributed by atoms with Crippen LogP contribution in [0.1, 0.15) is 5.56 Å². The van der Waals surface area contributed by atoms with Crippen LogP contribution in [0.25, 0.3) is 6.08 Å². The molecular formula is C12H16N2O2S. The maximum absolute atomic E-state index is 7.08. The van der Waals surface area contributed by atoms with Crippen molar-refractivity contribution in [3.05, 3.63) is 29.8 Å². The lowest BCUT2D eigenvalue weighted by molar-refractivity contribution is 0.355. The fourth-order valence-corrected chi connectivity index (χ4v) is 1.40. The van der Waals surface area contributed by atoms with Crippen LogP contribution in [0.2, 0.25) is 0 Å². The lowest BCUT2D eigenvalue weighted by atomic mass is 10.2. The van der Waals surface area contributed by atoms with Crippen molar-refractivity contribution in [1.29, 1.82) is 5.41 Å². The average Bonchev–Trinajstić information content (AvgIpc) is 2.34. The zero-order valence-corrected chi connectivity index (χ0v) is 10.8. The summed E-state index contributed by atoms with van der Waals surface area (Å²) in [5.74, 6) is 1.41. The Morgan fingerprint density at radius 1 is 1.35 bits per heavy atom. The molecule has 0 heterocycles. The van der Waals surface area contributed by atoms with Crippen LogP contribution in [0.15, 0.2) is 24.3 Å². The number of amidine groups is 1. The number of methoxy groups -OCH3 is 2. The minimum atomic E-state index is 0.155. The number of nitrogens with one attached hydrogen (secondary N) is 2. The molecule has 0 amide bonds. The Bertz CT molecular complexity index is 419. The number of thiol groups is 1. The van der Waals surface area contributed by atoms with Crippen molar-refractivity contribution in [2.24, 2.45) is 0 Å². The smallest absolute Gasteiger partial charge is 0.161 e. The van der Waals surface area contributed by atoms with Crippen molar-refractivity contribution in [3.63, 3.8) is 0 Å². The van der Waals surface area contributed by atoms with E-state index in [1.54, 1.807) is 14.2 Å². The monoisotopic (exact) mass is 252 g/mol. The summed E-state index contributed by atoms with van der Waals surface area (Å²) in [6.45, 7) is 0.566. The third-order valence-corrected chi connectivity index (χ3v) is 2.26. The first kappa shape index (κ1) is 13.4. The minimum Gasteiger partial charge on any atom is -0.493 e. The Labute approximate surface area is 107 Å². The summed E-state index contributed by atoms with van der Waals surface area (Å²) in [7, 11) is 3.21. The van der Waals surface area contributed by atoms with Crippen molar-refractivity contribution in [3.8, 4) is 11.5 Å². The maximum Gasteiger partial charge on any atom is 0.161 e. The topological polar surface area (TPSA) is 54.3 Å². The number of ether oxygens (including phenoxy) is 2. The third-order valence-electron chi connectivity index (χ3n) is 2.11. The van der Waals surface area contributed by atoms with Crippen molar-refractivity contribution >= 4 is 23.9 Å². The van der Waals surface area contributed by atoms with E-state index in [0.717, 1.165) is 5.56 Å². The fourth-order valence-electron chi connectivity index (χ4n) is 1.31. The van der Waals surface area contributed by atoms with Gasteiger partial charge >= 0.3 is 0 Å². The fraction of sp³-hybridized carbons (Fsp3) is 0.250. The van der Waals surface area contributed by atoms with Crippen LogP contribution in [0.4, 0.5) is 0 Å². The first-order valence-electron chi connectivity index (χ1n) is 5.07. The van der Waals surface area contributed by atoms with Gasteiger partial charge in [0.2, 0.25) is 0 Å². The number of benzene rings is 1. The molecule has 0 spiro atoms. The van der Waals surface area contributed by atoms with E-state index in [0.29, 0.717) is 18.0 Å². The highest BCUT2D eigenvalue weighted by molar-refractivity contribution is 7.96. The van der Waals surface area contributed by atoms with E-state index in [4.69, 9.17) is 14.9 Å². The van der Waals surface area contributed by atoms with Gasteiger partial charge in [-0.2, -0.15) is 0 Å². The van der Waals surface area contributed by atoms with E-state index in [9.17, 15) is 0 Å². The number of hydrogen-bond donors (Lipinski definition) is 3. The van der Waals surface area contributed by atoms with E-state index in [2.05, 4.69) is 17.9 Å². The predicted octanol–water partition coefficient (Wildman–Crippen LogP) is 2.17. The highest BCUT2D eigenvalue weighted by Crippen LogP contribution is 2.27. The van der Waals surface area contributed by atoms with E-state index in [1.807, 2.05) is 30.4 Å². The largest absolute Gasteiger partial charge is 0.493 e. The van der Waals surface area contributed by atoms with Gasteiger partial charge in [-0.05, 0) is 17.7 Å². The normalized spacial score (nSPS) is 10.3. The molecule has 1 aromatic rings. The van der Waals surface area contributed by atoms with Gasteiger partial charge in [-0.25, -0.2) is 0 Å². The lowest BCUT2D eigenvalue weighted by Gasteiger charge is -2.07.